The zero-order chi connectivity index (χ0) is 13.8. The van der Waals surface area contributed by atoms with Gasteiger partial charge in [0.2, 0.25) is 5.91 Å². The van der Waals surface area contributed by atoms with Gasteiger partial charge in [0.1, 0.15) is 0 Å². The minimum absolute atomic E-state index is 0.119. The summed E-state index contributed by atoms with van der Waals surface area (Å²) in [6.07, 6.45) is 4.89. The molecule has 2 rings (SSSR count). The van der Waals surface area contributed by atoms with E-state index in [0.29, 0.717) is 0 Å². The van der Waals surface area contributed by atoms with Gasteiger partial charge in [-0.05, 0) is 37.5 Å². The van der Waals surface area contributed by atoms with Crippen LogP contribution >= 0.6 is 0 Å². The maximum Gasteiger partial charge on any atom is 0.224 e. The highest BCUT2D eigenvalue weighted by atomic mass is 16.2. The first kappa shape index (κ1) is 13.9. The third-order valence-corrected chi connectivity index (χ3v) is 3.76. The lowest BCUT2D eigenvalue weighted by Crippen LogP contribution is -2.44. The van der Waals surface area contributed by atoms with Gasteiger partial charge in [-0.3, -0.25) is 4.79 Å². The highest BCUT2D eigenvalue weighted by Crippen LogP contribution is 2.32. The topological polar surface area (TPSA) is 32.3 Å². The van der Waals surface area contributed by atoms with Crippen LogP contribution in [0.15, 0.2) is 18.2 Å². The van der Waals surface area contributed by atoms with E-state index in [2.05, 4.69) is 37.4 Å². The fourth-order valence-corrected chi connectivity index (χ4v) is 2.74. The SMILES string of the molecule is CCCCCc1ccc2c(c1)NCC(C)N2C(C)=O. The van der Waals surface area contributed by atoms with Crippen molar-refractivity contribution in [2.45, 2.75) is 52.5 Å². The maximum atomic E-state index is 11.8. The Hall–Kier alpha value is -1.51. The minimum atomic E-state index is 0.119. The molecule has 0 aliphatic carbocycles. The molecule has 3 heteroatoms. The van der Waals surface area contributed by atoms with Crippen molar-refractivity contribution in [3.63, 3.8) is 0 Å². The van der Waals surface area contributed by atoms with E-state index in [9.17, 15) is 4.79 Å². The van der Waals surface area contributed by atoms with Gasteiger partial charge in [-0.2, -0.15) is 0 Å². The van der Waals surface area contributed by atoms with Crippen molar-refractivity contribution in [3.05, 3.63) is 23.8 Å². The molecule has 1 aromatic carbocycles. The second-order valence-electron chi connectivity index (χ2n) is 5.43. The number of fused-ring (bicyclic) bond motifs is 1. The number of nitrogens with zero attached hydrogens (tertiary/aromatic N) is 1. The van der Waals surface area contributed by atoms with Crippen molar-refractivity contribution in [1.29, 1.82) is 0 Å². The van der Waals surface area contributed by atoms with E-state index in [4.69, 9.17) is 0 Å². The molecule has 0 bridgehead atoms. The van der Waals surface area contributed by atoms with Gasteiger partial charge in [0.25, 0.3) is 0 Å². The van der Waals surface area contributed by atoms with Gasteiger partial charge in [0.15, 0.2) is 0 Å². The Morgan fingerprint density at radius 3 is 2.89 bits per heavy atom. The molecule has 1 amide bonds. The van der Waals surface area contributed by atoms with Crippen LogP contribution in [0.3, 0.4) is 0 Å². The minimum Gasteiger partial charge on any atom is -0.381 e. The van der Waals surface area contributed by atoms with Crippen molar-refractivity contribution in [1.82, 2.24) is 0 Å². The first-order valence-corrected chi connectivity index (χ1v) is 7.30. The monoisotopic (exact) mass is 260 g/mol. The number of rotatable bonds is 4. The molecule has 1 aliphatic rings. The Morgan fingerprint density at radius 1 is 1.42 bits per heavy atom. The normalized spacial score (nSPS) is 17.8. The highest BCUT2D eigenvalue weighted by Gasteiger charge is 2.25. The molecule has 1 heterocycles. The lowest BCUT2D eigenvalue weighted by atomic mass is 10.0. The molecule has 0 aromatic heterocycles. The highest BCUT2D eigenvalue weighted by molar-refractivity contribution is 5.96. The Labute approximate surface area is 116 Å². The number of amides is 1. The average Bonchev–Trinajstić information content (AvgIpc) is 2.38. The van der Waals surface area contributed by atoms with Crippen LogP contribution in [-0.2, 0) is 11.2 Å². The number of anilines is 2. The van der Waals surface area contributed by atoms with E-state index in [1.165, 1.54) is 24.8 Å². The number of nitrogens with one attached hydrogen (secondary N) is 1. The molecule has 1 unspecified atom stereocenters. The van der Waals surface area contributed by atoms with Crippen LogP contribution in [0, 0.1) is 0 Å². The van der Waals surface area contributed by atoms with Gasteiger partial charge in [-0.1, -0.05) is 25.8 Å². The molecule has 1 N–H and O–H groups in total. The molecule has 1 aromatic rings. The molecule has 104 valence electrons. The average molecular weight is 260 g/mol. The summed E-state index contributed by atoms with van der Waals surface area (Å²) < 4.78 is 0. The molecule has 0 spiro atoms. The lowest BCUT2D eigenvalue weighted by Gasteiger charge is -2.35. The van der Waals surface area contributed by atoms with Crippen LogP contribution in [0.2, 0.25) is 0 Å². The van der Waals surface area contributed by atoms with E-state index >= 15 is 0 Å². The van der Waals surface area contributed by atoms with Crippen molar-refractivity contribution >= 4 is 17.3 Å². The molecular formula is C16H24N2O. The van der Waals surface area contributed by atoms with Crippen molar-refractivity contribution in [2.24, 2.45) is 0 Å². The van der Waals surface area contributed by atoms with E-state index in [0.717, 1.165) is 24.3 Å². The van der Waals surface area contributed by atoms with E-state index in [1.54, 1.807) is 6.92 Å². The molecule has 0 saturated heterocycles. The predicted molar refractivity (Wildman–Crippen MR) is 80.8 cm³/mol. The third-order valence-electron chi connectivity index (χ3n) is 3.76. The largest absolute Gasteiger partial charge is 0.381 e. The van der Waals surface area contributed by atoms with Crippen LogP contribution < -0.4 is 10.2 Å². The van der Waals surface area contributed by atoms with E-state index < -0.39 is 0 Å². The standard InChI is InChI=1S/C16H24N2O/c1-4-5-6-7-14-8-9-16-15(10-14)17-11-12(2)18(16)13(3)19/h8-10,12,17H,4-7,11H2,1-3H3. The zero-order valence-corrected chi connectivity index (χ0v) is 12.2. The van der Waals surface area contributed by atoms with Gasteiger partial charge in [0, 0.05) is 13.5 Å². The lowest BCUT2D eigenvalue weighted by molar-refractivity contribution is -0.116. The summed E-state index contributed by atoms with van der Waals surface area (Å²) in [5.41, 5.74) is 3.48. The Morgan fingerprint density at radius 2 is 2.21 bits per heavy atom. The van der Waals surface area contributed by atoms with Crippen molar-refractivity contribution in [3.8, 4) is 0 Å². The molecule has 1 atom stereocenters. The molecule has 1 aliphatic heterocycles. The van der Waals surface area contributed by atoms with Crippen LogP contribution in [0.5, 0.6) is 0 Å². The fourth-order valence-electron chi connectivity index (χ4n) is 2.74. The summed E-state index contributed by atoms with van der Waals surface area (Å²) in [6.45, 7) is 6.76. The number of aryl methyl sites for hydroxylation is 1. The van der Waals surface area contributed by atoms with Crippen molar-refractivity contribution in [2.75, 3.05) is 16.8 Å². The Balaban J connectivity index is 2.19. The molecule has 0 fully saturated rings. The number of unbranched alkanes of at least 4 members (excludes halogenated alkanes) is 2. The van der Waals surface area contributed by atoms with Gasteiger partial charge < -0.3 is 10.2 Å². The van der Waals surface area contributed by atoms with Gasteiger partial charge >= 0.3 is 0 Å². The van der Waals surface area contributed by atoms with Crippen LogP contribution in [0.4, 0.5) is 11.4 Å². The first-order valence-electron chi connectivity index (χ1n) is 7.30. The van der Waals surface area contributed by atoms with E-state index in [-0.39, 0.29) is 11.9 Å². The quantitative estimate of drug-likeness (QED) is 0.839. The predicted octanol–water partition coefficient (Wildman–Crippen LogP) is 3.59. The number of carbonyl (C=O) groups excluding carboxylic acids is 1. The number of carbonyl (C=O) groups is 1. The van der Waals surface area contributed by atoms with Crippen LogP contribution in [0.1, 0.15) is 45.6 Å². The molecular weight excluding hydrogens is 236 g/mol. The van der Waals surface area contributed by atoms with Crippen molar-refractivity contribution < 1.29 is 4.79 Å². The first-order chi connectivity index (χ1) is 9.13. The fraction of sp³-hybridized carbons (Fsp3) is 0.562. The molecule has 19 heavy (non-hydrogen) atoms. The second kappa shape index (κ2) is 6.09. The summed E-state index contributed by atoms with van der Waals surface area (Å²) in [5.74, 6) is 0.119. The van der Waals surface area contributed by atoms with Gasteiger partial charge in [-0.15, -0.1) is 0 Å². The van der Waals surface area contributed by atoms with Gasteiger partial charge in [0.05, 0.1) is 17.4 Å². The second-order valence-corrected chi connectivity index (χ2v) is 5.43. The Kier molecular flexibility index (Phi) is 4.46. The number of hydrogen-bond acceptors (Lipinski definition) is 2. The summed E-state index contributed by atoms with van der Waals surface area (Å²) in [4.78, 5) is 13.7. The third kappa shape index (κ3) is 3.09. The van der Waals surface area contributed by atoms with Crippen LogP contribution in [-0.4, -0.2) is 18.5 Å². The summed E-state index contributed by atoms with van der Waals surface area (Å²) >= 11 is 0. The van der Waals surface area contributed by atoms with Crippen LogP contribution in [0.25, 0.3) is 0 Å². The molecule has 0 radical (unpaired) electrons. The zero-order valence-electron chi connectivity index (χ0n) is 12.2. The van der Waals surface area contributed by atoms with Gasteiger partial charge in [-0.25, -0.2) is 0 Å². The summed E-state index contributed by atoms with van der Waals surface area (Å²) in [7, 11) is 0. The maximum absolute atomic E-state index is 11.8. The Bertz CT molecular complexity index is 456. The van der Waals surface area contributed by atoms with E-state index in [1.807, 2.05) is 4.90 Å². The smallest absolute Gasteiger partial charge is 0.224 e. The number of benzene rings is 1. The molecule has 3 nitrogen and oxygen atoms in total. The summed E-state index contributed by atoms with van der Waals surface area (Å²) in [6, 6.07) is 6.66. The summed E-state index contributed by atoms with van der Waals surface area (Å²) in [5, 5.41) is 3.43. The molecule has 0 saturated carbocycles. The number of hydrogen-bond donors (Lipinski definition) is 1.